The molecule has 7 nitrogen and oxygen atoms in total. The lowest BCUT2D eigenvalue weighted by Gasteiger charge is -2.18. The van der Waals surface area contributed by atoms with E-state index < -0.39 is 22.0 Å². The summed E-state index contributed by atoms with van der Waals surface area (Å²) in [7, 11) is -2.74. The predicted octanol–water partition coefficient (Wildman–Crippen LogP) is 3.65. The maximum absolute atomic E-state index is 12.9. The molecule has 154 valence electrons. The second kappa shape index (κ2) is 7.96. The number of esters is 1. The molecular formula is C21H23NO6S. The molecule has 0 radical (unpaired) electrons. The Morgan fingerprint density at radius 3 is 2.41 bits per heavy atom. The summed E-state index contributed by atoms with van der Waals surface area (Å²) >= 11 is 0. The van der Waals surface area contributed by atoms with Crippen LogP contribution in [0.1, 0.15) is 37.6 Å². The lowest BCUT2D eigenvalue weighted by Crippen LogP contribution is -2.42. The summed E-state index contributed by atoms with van der Waals surface area (Å²) in [5, 5.41) is 1.31. The van der Waals surface area contributed by atoms with Gasteiger partial charge in [0.05, 0.1) is 12.0 Å². The molecule has 2 aromatic carbocycles. The smallest absolute Gasteiger partial charge is 0.323 e. The van der Waals surface area contributed by atoms with Gasteiger partial charge in [-0.2, -0.15) is 4.72 Å². The molecule has 1 aromatic heterocycles. The average Bonchev–Trinajstić information content (AvgIpc) is 3.03. The molecule has 0 amide bonds. The normalized spacial score (nSPS) is 13.1. The first-order valence-corrected chi connectivity index (χ1v) is 10.7. The maximum Gasteiger partial charge on any atom is 0.323 e. The fourth-order valence-corrected chi connectivity index (χ4v) is 4.43. The van der Waals surface area contributed by atoms with E-state index in [4.69, 9.17) is 9.15 Å². The molecule has 29 heavy (non-hydrogen) atoms. The first kappa shape index (κ1) is 21.0. The van der Waals surface area contributed by atoms with E-state index in [9.17, 15) is 18.0 Å². The highest BCUT2D eigenvalue weighted by Gasteiger charge is 2.27. The molecule has 0 aliphatic carbocycles. The van der Waals surface area contributed by atoms with Crippen molar-refractivity contribution in [1.29, 1.82) is 0 Å². The molecule has 0 unspecified atom stereocenters. The minimum atomic E-state index is -3.97. The van der Waals surface area contributed by atoms with E-state index in [1.54, 1.807) is 24.3 Å². The van der Waals surface area contributed by atoms with Crippen molar-refractivity contribution in [3.8, 4) is 0 Å². The Hall–Kier alpha value is -2.71. The summed E-state index contributed by atoms with van der Waals surface area (Å²) in [4.78, 5) is 23.6. The lowest BCUT2D eigenvalue weighted by atomic mass is 10.1. The number of fused-ring (bicyclic) bond motifs is 3. The van der Waals surface area contributed by atoms with Crippen molar-refractivity contribution < 1.29 is 27.2 Å². The zero-order valence-corrected chi connectivity index (χ0v) is 17.5. The standard InChI is InChI=1S/C21H23NO6S/c1-12(2)9-18(21(24)27-4)22-29(25,26)15-6-8-19-17(11-15)16-7-5-14(13(3)23)10-20(16)28-19/h5-8,10-12,18,22H,9H2,1-4H3/t18-/m0/s1. The van der Waals surface area contributed by atoms with Crippen molar-refractivity contribution in [2.45, 2.75) is 38.1 Å². The molecule has 0 aliphatic rings. The molecule has 1 N–H and O–H groups in total. The molecule has 1 heterocycles. The number of nitrogens with one attached hydrogen (secondary N) is 1. The Labute approximate surface area is 169 Å². The van der Waals surface area contributed by atoms with Crippen LogP contribution in [0.15, 0.2) is 45.7 Å². The zero-order chi connectivity index (χ0) is 21.3. The van der Waals surface area contributed by atoms with Gasteiger partial charge >= 0.3 is 5.97 Å². The Kier molecular flexibility index (Phi) is 5.77. The number of methoxy groups -OCH3 is 1. The van der Waals surface area contributed by atoms with Crippen LogP contribution in [0.3, 0.4) is 0 Å². The fourth-order valence-electron chi connectivity index (χ4n) is 3.20. The van der Waals surface area contributed by atoms with Crippen molar-refractivity contribution >= 4 is 43.7 Å². The number of carbonyl (C=O) groups excluding carboxylic acids is 2. The van der Waals surface area contributed by atoms with E-state index in [2.05, 4.69) is 4.72 Å². The van der Waals surface area contributed by atoms with Crippen LogP contribution in [0.5, 0.6) is 0 Å². The molecule has 0 fully saturated rings. The molecule has 3 rings (SSSR count). The number of Topliss-reactive ketones (excluding diaryl/α,β-unsaturated/α-hetero) is 1. The molecule has 0 spiro atoms. The number of furan rings is 1. The maximum atomic E-state index is 12.9. The van der Waals surface area contributed by atoms with Gasteiger partial charge in [-0.05, 0) is 49.6 Å². The molecule has 0 saturated heterocycles. The third-order valence-electron chi connectivity index (χ3n) is 4.65. The average molecular weight is 417 g/mol. The van der Waals surface area contributed by atoms with Gasteiger partial charge in [0, 0.05) is 16.3 Å². The van der Waals surface area contributed by atoms with Crippen LogP contribution in [0.4, 0.5) is 0 Å². The zero-order valence-electron chi connectivity index (χ0n) is 16.7. The number of hydrogen-bond acceptors (Lipinski definition) is 6. The van der Waals surface area contributed by atoms with Crippen LogP contribution >= 0.6 is 0 Å². The van der Waals surface area contributed by atoms with E-state index in [0.717, 1.165) is 0 Å². The van der Waals surface area contributed by atoms with Gasteiger partial charge in [0.2, 0.25) is 10.0 Å². The third-order valence-corrected chi connectivity index (χ3v) is 6.12. The predicted molar refractivity (Wildman–Crippen MR) is 109 cm³/mol. The van der Waals surface area contributed by atoms with Crippen LogP contribution in [0, 0.1) is 5.92 Å². The van der Waals surface area contributed by atoms with E-state index >= 15 is 0 Å². The van der Waals surface area contributed by atoms with Gasteiger partial charge < -0.3 is 9.15 Å². The van der Waals surface area contributed by atoms with Crippen molar-refractivity contribution in [1.82, 2.24) is 4.72 Å². The number of rotatable bonds is 7. The van der Waals surface area contributed by atoms with E-state index in [0.29, 0.717) is 33.9 Å². The highest BCUT2D eigenvalue weighted by Crippen LogP contribution is 2.31. The number of carbonyl (C=O) groups is 2. The number of hydrogen-bond donors (Lipinski definition) is 1. The summed E-state index contributed by atoms with van der Waals surface area (Å²) in [5.41, 5.74) is 1.52. The van der Waals surface area contributed by atoms with Gasteiger partial charge in [0.1, 0.15) is 17.2 Å². The summed E-state index contributed by atoms with van der Waals surface area (Å²) < 4.78 is 38.7. The quantitative estimate of drug-likeness (QED) is 0.465. The molecule has 8 heteroatoms. The van der Waals surface area contributed by atoms with Crippen molar-refractivity contribution in [3.05, 3.63) is 42.0 Å². The largest absolute Gasteiger partial charge is 0.468 e. The van der Waals surface area contributed by atoms with E-state index in [-0.39, 0.29) is 16.6 Å². The molecule has 0 bridgehead atoms. The van der Waals surface area contributed by atoms with Crippen LogP contribution in [0.2, 0.25) is 0 Å². The Morgan fingerprint density at radius 1 is 1.07 bits per heavy atom. The molecule has 3 aromatic rings. The second-order valence-electron chi connectivity index (χ2n) is 7.35. The molecule has 0 aliphatic heterocycles. The number of benzene rings is 2. The second-order valence-corrected chi connectivity index (χ2v) is 9.07. The minimum absolute atomic E-state index is 0.0148. The highest BCUT2D eigenvalue weighted by atomic mass is 32.2. The molecular weight excluding hydrogens is 394 g/mol. The van der Waals surface area contributed by atoms with Crippen LogP contribution < -0.4 is 4.72 Å². The first-order chi connectivity index (χ1) is 13.6. The SMILES string of the molecule is COC(=O)[C@H](CC(C)C)NS(=O)(=O)c1ccc2oc3cc(C(C)=O)ccc3c2c1. The van der Waals surface area contributed by atoms with Crippen molar-refractivity contribution in [2.75, 3.05) is 7.11 Å². The van der Waals surface area contributed by atoms with Gasteiger partial charge in [-0.25, -0.2) is 8.42 Å². The number of ketones is 1. The van der Waals surface area contributed by atoms with Crippen LogP contribution in [-0.2, 0) is 19.6 Å². The number of sulfonamides is 1. The first-order valence-electron chi connectivity index (χ1n) is 9.20. The van der Waals surface area contributed by atoms with E-state index in [1.807, 2.05) is 13.8 Å². The third kappa shape index (κ3) is 4.33. The summed E-state index contributed by atoms with van der Waals surface area (Å²) in [6.45, 7) is 5.25. The minimum Gasteiger partial charge on any atom is -0.468 e. The summed E-state index contributed by atoms with van der Waals surface area (Å²) in [5.74, 6) is -0.620. The Bertz CT molecular complexity index is 1190. The van der Waals surface area contributed by atoms with Crippen LogP contribution in [0.25, 0.3) is 21.9 Å². The van der Waals surface area contributed by atoms with Gasteiger partial charge in [-0.3, -0.25) is 9.59 Å². The topological polar surface area (TPSA) is 103 Å². The van der Waals surface area contributed by atoms with Gasteiger partial charge in [0.25, 0.3) is 0 Å². The Morgan fingerprint density at radius 2 is 1.79 bits per heavy atom. The lowest BCUT2D eigenvalue weighted by molar-refractivity contribution is -0.143. The molecule has 0 saturated carbocycles. The van der Waals surface area contributed by atoms with Crippen molar-refractivity contribution in [2.24, 2.45) is 5.92 Å². The highest BCUT2D eigenvalue weighted by molar-refractivity contribution is 7.89. The van der Waals surface area contributed by atoms with Crippen LogP contribution in [-0.4, -0.2) is 33.3 Å². The van der Waals surface area contributed by atoms with Gasteiger partial charge in [-0.1, -0.05) is 19.9 Å². The summed E-state index contributed by atoms with van der Waals surface area (Å²) in [6.07, 6.45) is 0.316. The fraction of sp³-hybridized carbons (Fsp3) is 0.333. The summed E-state index contributed by atoms with van der Waals surface area (Å²) in [6, 6.07) is 8.56. The van der Waals surface area contributed by atoms with Gasteiger partial charge in [-0.15, -0.1) is 0 Å². The van der Waals surface area contributed by atoms with E-state index in [1.165, 1.54) is 26.2 Å². The Balaban J connectivity index is 2.02. The molecule has 1 atom stereocenters. The van der Waals surface area contributed by atoms with Crippen molar-refractivity contribution in [3.63, 3.8) is 0 Å². The number of ether oxygens (including phenoxy) is 1. The van der Waals surface area contributed by atoms with Gasteiger partial charge in [0.15, 0.2) is 5.78 Å². The monoisotopic (exact) mass is 417 g/mol.